The first-order chi connectivity index (χ1) is 20.5. The Bertz CT molecular complexity index is 1750. The van der Waals surface area contributed by atoms with Crippen molar-refractivity contribution in [2.24, 2.45) is 0 Å². The van der Waals surface area contributed by atoms with E-state index in [9.17, 15) is 18.0 Å². The molecular weight excluding hydrogens is 624 g/mol. The normalized spacial score (nSPS) is 12.4. The zero-order valence-corrected chi connectivity index (χ0v) is 27.8. The van der Waals surface area contributed by atoms with Crippen molar-refractivity contribution >= 4 is 60.9 Å². The first kappa shape index (κ1) is 33.3. The third-order valence-electron chi connectivity index (χ3n) is 5.87. The van der Waals surface area contributed by atoms with Crippen LogP contribution in [-0.4, -0.2) is 52.5 Å². The Morgan fingerprint density at radius 3 is 2.32 bits per heavy atom. The number of hydrogen-bond acceptors (Lipinski definition) is 9. The highest BCUT2D eigenvalue weighted by molar-refractivity contribution is 7.89. The minimum absolute atomic E-state index is 0.0283. The number of hydrogen-bond donors (Lipinski definition) is 0. The van der Waals surface area contributed by atoms with Gasteiger partial charge in [-0.15, -0.1) is 11.3 Å². The van der Waals surface area contributed by atoms with Crippen molar-refractivity contribution in [2.75, 3.05) is 11.4 Å². The van der Waals surface area contributed by atoms with E-state index in [2.05, 4.69) is 9.97 Å². The SMILES string of the molecule is CC(C)(C)OC(=O)CN(C(=O)OC(C)(C)C)c1cccc(CN(Cc2cc3ccc(Cl)cc3s2)S(=O)(=O)c2cccnc2)n1. The number of rotatable bonds is 9. The molecule has 1 aromatic carbocycles. The van der Waals surface area contributed by atoms with E-state index in [1.54, 1.807) is 71.9 Å². The van der Waals surface area contributed by atoms with Crippen molar-refractivity contribution in [3.05, 3.63) is 82.6 Å². The minimum Gasteiger partial charge on any atom is -0.459 e. The second-order valence-electron chi connectivity index (χ2n) is 12.0. The summed E-state index contributed by atoms with van der Waals surface area (Å²) < 4.78 is 41.0. The third kappa shape index (κ3) is 8.98. The van der Waals surface area contributed by atoms with E-state index in [1.165, 1.54) is 34.1 Å². The van der Waals surface area contributed by atoms with Gasteiger partial charge in [-0.1, -0.05) is 23.7 Å². The zero-order chi connectivity index (χ0) is 32.3. The fourth-order valence-corrected chi connectivity index (χ4v) is 6.92. The van der Waals surface area contributed by atoms with Crippen LogP contribution in [0.4, 0.5) is 10.6 Å². The molecule has 234 valence electrons. The number of aromatic nitrogens is 2. The molecule has 0 aliphatic carbocycles. The number of fused-ring (bicyclic) bond motifs is 1. The van der Waals surface area contributed by atoms with Gasteiger partial charge in [-0.2, -0.15) is 4.31 Å². The van der Waals surface area contributed by atoms with Crippen LogP contribution in [0.3, 0.4) is 0 Å². The molecule has 0 bridgehead atoms. The van der Waals surface area contributed by atoms with E-state index in [-0.39, 0.29) is 23.8 Å². The lowest BCUT2D eigenvalue weighted by Crippen LogP contribution is -2.42. The number of nitrogens with zero attached hydrogens (tertiary/aromatic N) is 4. The Labute approximate surface area is 266 Å². The van der Waals surface area contributed by atoms with Gasteiger partial charge >= 0.3 is 12.1 Å². The summed E-state index contributed by atoms with van der Waals surface area (Å²) in [5, 5.41) is 1.54. The summed E-state index contributed by atoms with van der Waals surface area (Å²) in [6, 6.07) is 15.3. The number of sulfonamides is 1. The first-order valence-electron chi connectivity index (χ1n) is 13.8. The molecule has 13 heteroatoms. The molecule has 0 aliphatic heterocycles. The molecule has 0 aliphatic rings. The highest BCUT2D eigenvalue weighted by Crippen LogP contribution is 2.31. The van der Waals surface area contributed by atoms with Crippen LogP contribution >= 0.6 is 22.9 Å². The van der Waals surface area contributed by atoms with Crippen molar-refractivity contribution in [1.29, 1.82) is 0 Å². The molecule has 0 unspecified atom stereocenters. The van der Waals surface area contributed by atoms with Crippen LogP contribution < -0.4 is 4.90 Å². The average molecular weight is 659 g/mol. The second-order valence-corrected chi connectivity index (χ2v) is 15.5. The number of benzene rings is 1. The molecule has 4 aromatic rings. The number of pyridine rings is 2. The highest BCUT2D eigenvalue weighted by Gasteiger charge is 2.30. The van der Waals surface area contributed by atoms with Crippen LogP contribution in [0, 0.1) is 0 Å². The number of carbonyl (C=O) groups excluding carboxylic acids is 2. The van der Waals surface area contributed by atoms with E-state index in [1.807, 2.05) is 18.2 Å². The van der Waals surface area contributed by atoms with Gasteiger partial charge in [0.25, 0.3) is 0 Å². The number of thiophene rings is 1. The summed E-state index contributed by atoms with van der Waals surface area (Å²) in [6.45, 7) is 9.78. The molecule has 3 heterocycles. The third-order valence-corrected chi connectivity index (χ3v) is 8.96. The number of carbonyl (C=O) groups is 2. The predicted octanol–water partition coefficient (Wildman–Crippen LogP) is 6.82. The van der Waals surface area contributed by atoms with Gasteiger partial charge in [-0.05, 0) is 89.4 Å². The Morgan fingerprint density at radius 1 is 0.932 bits per heavy atom. The molecule has 0 fully saturated rings. The van der Waals surface area contributed by atoms with Gasteiger partial charge in [-0.25, -0.2) is 18.2 Å². The van der Waals surface area contributed by atoms with Crippen molar-refractivity contribution in [1.82, 2.24) is 14.3 Å². The molecule has 1 amide bonds. The van der Waals surface area contributed by atoms with E-state index >= 15 is 0 Å². The predicted molar refractivity (Wildman–Crippen MR) is 171 cm³/mol. The smallest absolute Gasteiger partial charge is 0.416 e. The van der Waals surface area contributed by atoms with Gasteiger partial charge in [0.05, 0.1) is 12.2 Å². The summed E-state index contributed by atoms with van der Waals surface area (Å²) >= 11 is 7.62. The molecule has 10 nitrogen and oxygen atoms in total. The van der Waals surface area contributed by atoms with E-state index in [0.29, 0.717) is 10.7 Å². The maximum atomic E-state index is 13.9. The number of esters is 1. The average Bonchev–Trinajstić information content (AvgIpc) is 3.31. The lowest BCUT2D eigenvalue weighted by atomic mass is 10.2. The van der Waals surface area contributed by atoms with Crippen LogP contribution in [0.15, 0.2) is 71.9 Å². The molecule has 4 rings (SSSR count). The van der Waals surface area contributed by atoms with E-state index in [0.717, 1.165) is 19.9 Å². The number of amides is 1. The summed E-state index contributed by atoms with van der Waals surface area (Å²) in [6.07, 6.45) is 2.00. The summed E-state index contributed by atoms with van der Waals surface area (Å²) in [5.41, 5.74) is -1.27. The van der Waals surface area contributed by atoms with Crippen LogP contribution in [0.2, 0.25) is 5.02 Å². The number of ether oxygens (including phenoxy) is 2. The monoisotopic (exact) mass is 658 g/mol. The van der Waals surface area contributed by atoms with Crippen LogP contribution in [-0.2, 0) is 37.4 Å². The lowest BCUT2D eigenvalue weighted by molar-refractivity contribution is -0.153. The quantitative estimate of drug-likeness (QED) is 0.180. The van der Waals surface area contributed by atoms with E-state index < -0.39 is 39.8 Å². The number of anilines is 1. The largest absolute Gasteiger partial charge is 0.459 e. The van der Waals surface area contributed by atoms with Crippen LogP contribution in [0.25, 0.3) is 10.1 Å². The highest BCUT2D eigenvalue weighted by atomic mass is 35.5. The summed E-state index contributed by atoms with van der Waals surface area (Å²) in [4.78, 5) is 36.5. The van der Waals surface area contributed by atoms with Gasteiger partial charge < -0.3 is 9.47 Å². The van der Waals surface area contributed by atoms with Gasteiger partial charge in [-0.3, -0.25) is 14.7 Å². The Hall–Kier alpha value is -3.58. The number of halogens is 1. The topological polar surface area (TPSA) is 119 Å². The summed E-state index contributed by atoms with van der Waals surface area (Å²) in [7, 11) is -4.02. The molecular formula is C31H35ClN4O6S2. The molecule has 0 radical (unpaired) electrons. The molecule has 0 atom stereocenters. The zero-order valence-electron chi connectivity index (χ0n) is 25.4. The maximum Gasteiger partial charge on any atom is 0.416 e. The van der Waals surface area contributed by atoms with Crippen molar-refractivity contribution < 1.29 is 27.5 Å². The Balaban J connectivity index is 1.70. The van der Waals surface area contributed by atoms with Gasteiger partial charge in [0, 0.05) is 33.5 Å². The minimum atomic E-state index is -4.02. The van der Waals surface area contributed by atoms with Gasteiger partial charge in [0.1, 0.15) is 28.5 Å². The summed E-state index contributed by atoms with van der Waals surface area (Å²) in [5.74, 6) is -0.543. The fourth-order valence-electron chi connectivity index (χ4n) is 4.13. The first-order valence-corrected chi connectivity index (χ1v) is 16.4. The second kappa shape index (κ2) is 13.2. The Kier molecular flexibility index (Phi) is 9.99. The van der Waals surface area contributed by atoms with Crippen molar-refractivity contribution in [3.63, 3.8) is 0 Å². The molecule has 0 saturated heterocycles. The van der Waals surface area contributed by atoms with Crippen molar-refractivity contribution in [3.8, 4) is 0 Å². The molecule has 0 spiro atoms. The van der Waals surface area contributed by atoms with Crippen LogP contribution in [0.5, 0.6) is 0 Å². The van der Waals surface area contributed by atoms with Gasteiger partial charge in [0.2, 0.25) is 10.0 Å². The molecule has 0 N–H and O–H groups in total. The van der Waals surface area contributed by atoms with E-state index in [4.69, 9.17) is 21.1 Å². The Morgan fingerprint density at radius 2 is 1.66 bits per heavy atom. The van der Waals surface area contributed by atoms with Gasteiger partial charge in [0.15, 0.2) is 0 Å². The van der Waals surface area contributed by atoms with Crippen LogP contribution in [0.1, 0.15) is 52.1 Å². The molecule has 44 heavy (non-hydrogen) atoms. The fraction of sp³-hybridized carbons (Fsp3) is 0.355. The maximum absolute atomic E-state index is 13.9. The standard InChI is InChI=1S/C31H35ClN4O6S2/c1-30(2,3)41-28(37)20-36(29(38)42-31(4,5)6)27-11-7-9-23(34-27)18-35(44(39,40)25-10-8-14-33-17-25)19-24-15-21-12-13-22(32)16-26(21)43-24/h7-17H,18-20H2,1-6H3. The molecule has 0 saturated carbocycles. The lowest BCUT2D eigenvalue weighted by Gasteiger charge is -2.28. The van der Waals surface area contributed by atoms with Crippen molar-refractivity contribution in [2.45, 2.75) is 70.7 Å². The molecule has 3 aromatic heterocycles.